The maximum absolute atomic E-state index is 4.68. The first kappa shape index (κ1) is 16.5. The lowest BCUT2D eigenvalue weighted by molar-refractivity contribution is 0.475. The Kier molecular flexibility index (Phi) is 6.45. The molecular formula is C16H22BrN5. The SMILES string of the molecule is CCNC(=NCCn1ccnc1)N(C)Cc1ccc(Br)cc1. The molecule has 0 fully saturated rings. The number of benzene rings is 1. The van der Waals surface area contributed by atoms with Gasteiger partial charge in [-0.05, 0) is 24.6 Å². The molecule has 5 nitrogen and oxygen atoms in total. The average molecular weight is 364 g/mol. The van der Waals surface area contributed by atoms with Gasteiger partial charge in [0.25, 0.3) is 0 Å². The lowest BCUT2D eigenvalue weighted by atomic mass is 10.2. The lowest BCUT2D eigenvalue weighted by Gasteiger charge is -2.22. The molecule has 0 aliphatic heterocycles. The zero-order valence-electron chi connectivity index (χ0n) is 13.0. The Bertz CT molecular complexity index is 577. The van der Waals surface area contributed by atoms with Gasteiger partial charge in [0.1, 0.15) is 0 Å². The van der Waals surface area contributed by atoms with Gasteiger partial charge < -0.3 is 14.8 Å². The normalized spacial score (nSPS) is 11.5. The van der Waals surface area contributed by atoms with Gasteiger partial charge >= 0.3 is 0 Å². The largest absolute Gasteiger partial charge is 0.357 e. The molecule has 6 heteroatoms. The third kappa shape index (κ3) is 5.18. The molecular weight excluding hydrogens is 342 g/mol. The highest BCUT2D eigenvalue weighted by Crippen LogP contribution is 2.11. The van der Waals surface area contributed by atoms with Crippen LogP contribution in [-0.4, -0.2) is 40.5 Å². The summed E-state index contributed by atoms with van der Waals surface area (Å²) in [6.45, 7) is 5.32. The van der Waals surface area contributed by atoms with Crippen LogP contribution in [0.2, 0.25) is 0 Å². The smallest absolute Gasteiger partial charge is 0.194 e. The summed E-state index contributed by atoms with van der Waals surface area (Å²) in [4.78, 5) is 10.9. The van der Waals surface area contributed by atoms with E-state index in [1.54, 1.807) is 6.20 Å². The number of rotatable bonds is 6. The van der Waals surface area contributed by atoms with E-state index in [0.717, 1.165) is 36.6 Å². The van der Waals surface area contributed by atoms with Crippen molar-refractivity contribution in [3.05, 3.63) is 53.0 Å². The molecule has 22 heavy (non-hydrogen) atoms. The molecule has 1 aromatic carbocycles. The summed E-state index contributed by atoms with van der Waals surface area (Å²) >= 11 is 3.46. The minimum atomic E-state index is 0.726. The second-order valence-electron chi connectivity index (χ2n) is 5.02. The molecule has 0 unspecified atom stereocenters. The highest BCUT2D eigenvalue weighted by molar-refractivity contribution is 9.10. The molecule has 0 spiro atoms. The highest BCUT2D eigenvalue weighted by atomic mass is 79.9. The number of imidazole rings is 1. The van der Waals surface area contributed by atoms with E-state index in [1.165, 1.54) is 5.56 Å². The van der Waals surface area contributed by atoms with Crippen LogP contribution in [0.3, 0.4) is 0 Å². The van der Waals surface area contributed by atoms with Crippen LogP contribution in [0.5, 0.6) is 0 Å². The van der Waals surface area contributed by atoms with E-state index >= 15 is 0 Å². The van der Waals surface area contributed by atoms with E-state index in [-0.39, 0.29) is 0 Å². The van der Waals surface area contributed by atoms with Gasteiger partial charge in [-0.3, -0.25) is 4.99 Å². The molecule has 0 amide bonds. The highest BCUT2D eigenvalue weighted by Gasteiger charge is 2.06. The van der Waals surface area contributed by atoms with Gasteiger partial charge in [-0.15, -0.1) is 0 Å². The van der Waals surface area contributed by atoms with Gasteiger partial charge in [0.2, 0.25) is 0 Å². The van der Waals surface area contributed by atoms with Crippen molar-refractivity contribution in [3.63, 3.8) is 0 Å². The summed E-state index contributed by atoms with van der Waals surface area (Å²) in [6, 6.07) is 8.36. The van der Waals surface area contributed by atoms with Crippen LogP contribution in [0.1, 0.15) is 12.5 Å². The van der Waals surface area contributed by atoms with E-state index in [9.17, 15) is 0 Å². The predicted octanol–water partition coefficient (Wildman–Crippen LogP) is 2.74. The van der Waals surface area contributed by atoms with E-state index in [0.29, 0.717) is 0 Å². The van der Waals surface area contributed by atoms with Gasteiger partial charge in [0.05, 0.1) is 12.9 Å². The summed E-state index contributed by atoms with van der Waals surface area (Å²) in [5.41, 5.74) is 1.26. The minimum Gasteiger partial charge on any atom is -0.357 e. The number of hydrogen-bond acceptors (Lipinski definition) is 2. The molecule has 118 valence electrons. The van der Waals surface area contributed by atoms with Crippen molar-refractivity contribution in [1.29, 1.82) is 0 Å². The Morgan fingerprint density at radius 3 is 2.77 bits per heavy atom. The second-order valence-corrected chi connectivity index (χ2v) is 5.93. The van der Waals surface area contributed by atoms with Crippen LogP contribution in [0.25, 0.3) is 0 Å². The second kappa shape index (κ2) is 8.58. The Morgan fingerprint density at radius 1 is 1.36 bits per heavy atom. The molecule has 0 bridgehead atoms. The number of guanidine groups is 1. The van der Waals surface area contributed by atoms with Crippen LogP contribution < -0.4 is 5.32 Å². The summed E-state index contributed by atoms with van der Waals surface area (Å²) < 4.78 is 3.13. The van der Waals surface area contributed by atoms with Crippen molar-refractivity contribution in [2.24, 2.45) is 4.99 Å². The molecule has 0 saturated heterocycles. The molecule has 0 aliphatic rings. The Hall–Kier alpha value is -1.82. The van der Waals surface area contributed by atoms with Crippen molar-refractivity contribution in [1.82, 2.24) is 19.8 Å². The summed E-state index contributed by atoms with van der Waals surface area (Å²) in [6.07, 6.45) is 5.55. The van der Waals surface area contributed by atoms with Crippen molar-refractivity contribution in [3.8, 4) is 0 Å². The first-order chi connectivity index (χ1) is 10.7. The maximum Gasteiger partial charge on any atom is 0.194 e. The summed E-state index contributed by atoms with van der Waals surface area (Å²) in [7, 11) is 2.06. The number of aromatic nitrogens is 2. The fraction of sp³-hybridized carbons (Fsp3) is 0.375. The van der Waals surface area contributed by atoms with Gasteiger partial charge in [0.15, 0.2) is 5.96 Å². The van der Waals surface area contributed by atoms with Gasteiger partial charge in [-0.2, -0.15) is 0 Å². The van der Waals surface area contributed by atoms with Crippen LogP contribution in [0, 0.1) is 0 Å². The number of halogens is 1. The van der Waals surface area contributed by atoms with E-state index < -0.39 is 0 Å². The van der Waals surface area contributed by atoms with Crippen molar-refractivity contribution >= 4 is 21.9 Å². The van der Waals surface area contributed by atoms with Gasteiger partial charge in [-0.1, -0.05) is 28.1 Å². The van der Waals surface area contributed by atoms with E-state index in [4.69, 9.17) is 0 Å². The maximum atomic E-state index is 4.68. The zero-order chi connectivity index (χ0) is 15.8. The first-order valence-electron chi connectivity index (χ1n) is 7.38. The fourth-order valence-electron chi connectivity index (χ4n) is 2.10. The summed E-state index contributed by atoms with van der Waals surface area (Å²) in [5.74, 6) is 0.922. The molecule has 1 heterocycles. The molecule has 0 atom stereocenters. The summed E-state index contributed by atoms with van der Waals surface area (Å²) in [5, 5.41) is 3.34. The third-order valence-electron chi connectivity index (χ3n) is 3.21. The Morgan fingerprint density at radius 2 is 2.14 bits per heavy atom. The molecule has 0 saturated carbocycles. The standard InChI is InChI=1S/C16H22BrN5/c1-3-19-16(20-9-11-22-10-8-18-13-22)21(2)12-14-4-6-15(17)7-5-14/h4-8,10,13H,3,9,11-12H2,1-2H3,(H,19,20). The van der Waals surface area contributed by atoms with Gasteiger partial charge in [-0.25, -0.2) is 4.98 Å². The molecule has 0 radical (unpaired) electrons. The number of nitrogens with one attached hydrogen (secondary N) is 1. The zero-order valence-corrected chi connectivity index (χ0v) is 14.6. The molecule has 0 aliphatic carbocycles. The Balaban J connectivity index is 1.94. The molecule has 2 rings (SSSR count). The van der Waals surface area contributed by atoms with Crippen molar-refractivity contribution in [2.45, 2.75) is 20.0 Å². The van der Waals surface area contributed by atoms with Crippen LogP contribution in [0.4, 0.5) is 0 Å². The van der Waals surface area contributed by atoms with Crippen molar-refractivity contribution < 1.29 is 0 Å². The molecule has 2 aromatic rings. The third-order valence-corrected chi connectivity index (χ3v) is 3.74. The van der Waals surface area contributed by atoms with E-state index in [2.05, 4.69) is 74.4 Å². The monoisotopic (exact) mass is 363 g/mol. The van der Waals surface area contributed by atoms with E-state index in [1.807, 2.05) is 17.1 Å². The van der Waals surface area contributed by atoms with Gasteiger partial charge in [0, 0.05) is 43.5 Å². The number of aliphatic imine (C=N–C) groups is 1. The fourth-order valence-corrected chi connectivity index (χ4v) is 2.36. The quantitative estimate of drug-likeness (QED) is 0.633. The topological polar surface area (TPSA) is 45.5 Å². The van der Waals surface area contributed by atoms with Crippen molar-refractivity contribution in [2.75, 3.05) is 20.1 Å². The van der Waals surface area contributed by atoms with Crippen LogP contribution >= 0.6 is 15.9 Å². The van der Waals surface area contributed by atoms with Crippen LogP contribution in [-0.2, 0) is 13.1 Å². The minimum absolute atomic E-state index is 0.726. The number of nitrogens with zero attached hydrogens (tertiary/aromatic N) is 4. The molecule has 1 aromatic heterocycles. The predicted molar refractivity (Wildman–Crippen MR) is 93.8 cm³/mol. The average Bonchev–Trinajstić information content (AvgIpc) is 3.02. The first-order valence-corrected chi connectivity index (χ1v) is 8.18. The number of hydrogen-bond donors (Lipinski definition) is 1. The lowest BCUT2D eigenvalue weighted by Crippen LogP contribution is -2.38. The molecule has 1 N–H and O–H groups in total. The van der Waals surface area contributed by atoms with Crippen LogP contribution in [0.15, 0.2) is 52.5 Å². The Labute approximate surface area is 140 Å².